The van der Waals surface area contributed by atoms with E-state index < -0.39 is 0 Å². The van der Waals surface area contributed by atoms with Crippen LogP contribution in [0.15, 0.2) is 55.2 Å². The molecule has 1 saturated carbocycles. The molecule has 0 saturated heterocycles. The van der Waals surface area contributed by atoms with Crippen LogP contribution in [0, 0.1) is 5.92 Å². The van der Waals surface area contributed by atoms with Crippen LogP contribution in [0.1, 0.15) is 30.5 Å². The molecule has 0 aliphatic heterocycles. The minimum atomic E-state index is 0.575. The lowest BCUT2D eigenvalue weighted by atomic mass is 9.85. The SMILES string of the molecule is c1cc(-c2ncn(Cc3cn4cc(CNCC5CCC5)ccc4n3)n2)c2cn[nH]c2c1. The smallest absolute Gasteiger partial charge is 0.181 e. The molecule has 2 N–H and O–H groups in total. The van der Waals surface area contributed by atoms with E-state index in [9.17, 15) is 0 Å². The third kappa shape index (κ3) is 3.59. The molecule has 6 rings (SSSR count). The summed E-state index contributed by atoms with van der Waals surface area (Å²) >= 11 is 0. The van der Waals surface area contributed by atoms with Crippen molar-refractivity contribution in [3.05, 3.63) is 66.5 Å². The van der Waals surface area contributed by atoms with Crippen molar-refractivity contribution in [3.63, 3.8) is 0 Å². The first-order chi connectivity index (χ1) is 15.3. The molecule has 8 nitrogen and oxygen atoms in total. The minimum Gasteiger partial charge on any atom is -0.312 e. The van der Waals surface area contributed by atoms with E-state index in [-0.39, 0.29) is 0 Å². The Labute approximate surface area is 179 Å². The van der Waals surface area contributed by atoms with Gasteiger partial charge in [0.25, 0.3) is 0 Å². The number of pyridine rings is 1. The molecule has 1 aromatic carbocycles. The maximum Gasteiger partial charge on any atom is 0.181 e. The Morgan fingerprint density at radius 1 is 1.13 bits per heavy atom. The van der Waals surface area contributed by atoms with Crippen molar-refractivity contribution in [2.24, 2.45) is 5.92 Å². The summed E-state index contributed by atoms with van der Waals surface area (Å²) in [6.07, 6.45) is 11.9. The molecular weight excluding hydrogens is 388 g/mol. The summed E-state index contributed by atoms with van der Waals surface area (Å²) in [6.45, 7) is 2.59. The van der Waals surface area contributed by atoms with Gasteiger partial charge in [0.05, 0.1) is 24.0 Å². The van der Waals surface area contributed by atoms with Gasteiger partial charge in [-0.05, 0) is 43.0 Å². The lowest BCUT2D eigenvalue weighted by molar-refractivity contribution is 0.301. The van der Waals surface area contributed by atoms with Gasteiger partial charge in [-0.15, -0.1) is 0 Å². The molecule has 0 atom stereocenters. The van der Waals surface area contributed by atoms with Gasteiger partial charge in [0.1, 0.15) is 12.0 Å². The summed E-state index contributed by atoms with van der Waals surface area (Å²) in [5.41, 5.74) is 5.12. The maximum absolute atomic E-state index is 4.74. The van der Waals surface area contributed by atoms with Crippen molar-refractivity contribution in [2.75, 3.05) is 6.54 Å². The zero-order valence-electron chi connectivity index (χ0n) is 17.2. The van der Waals surface area contributed by atoms with Gasteiger partial charge < -0.3 is 9.72 Å². The molecule has 1 fully saturated rings. The van der Waals surface area contributed by atoms with Crippen molar-refractivity contribution in [2.45, 2.75) is 32.4 Å². The number of aromatic nitrogens is 7. The predicted molar refractivity (Wildman–Crippen MR) is 118 cm³/mol. The Morgan fingerprint density at radius 2 is 2.10 bits per heavy atom. The van der Waals surface area contributed by atoms with Crippen molar-refractivity contribution < 1.29 is 0 Å². The van der Waals surface area contributed by atoms with Crippen molar-refractivity contribution in [1.82, 2.24) is 39.7 Å². The number of H-pyrrole nitrogens is 1. The van der Waals surface area contributed by atoms with Gasteiger partial charge in [0.2, 0.25) is 0 Å². The lowest BCUT2D eigenvalue weighted by Crippen LogP contribution is -2.26. The third-order valence-corrected chi connectivity index (χ3v) is 6.14. The fourth-order valence-corrected chi connectivity index (χ4v) is 4.21. The average molecular weight is 413 g/mol. The van der Waals surface area contributed by atoms with Gasteiger partial charge in [-0.2, -0.15) is 10.2 Å². The normalized spacial score (nSPS) is 14.5. The summed E-state index contributed by atoms with van der Waals surface area (Å²) in [5.74, 6) is 1.56. The molecule has 0 bridgehead atoms. The standard InChI is InChI=1S/C23H24N8/c1-3-16(4-1)9-24-10-17-7-8-22-27-18(13-30(22)12-17)14-31-15-25-23(29-31)19-5-2-6-21-20(19)11-26-28-21/h2,5-8,11-13,15-16,24H,1,3-4,9-10,14H2,(H,26,28). The van der Waals surface area contributed by atoms with E-state index in [4.69, 9.17) is 4.98 Å². The van der Waals surface area contributed by atoms with Gasteiger partial charge >= 0.3 is 0 Å². The Hall–Kier alpha value is -3.52. The van der Waals surface area contributed by atoms with E-state index in [1.165, 1.54) is 24.8 Å². The Bertz CT molecular complexity index is 1340. The Morgan fingerprint density at radius 3 is 3.00 bits per heavy atom. The summed E-state index contributed by atoms with van der Waals surface area (Å²) in [6, 6.07) is 10.2. The van der Waals surface area contributed by atoms with Crippen molar-refractivity contribution in [3.8, 4) is 11.4 Å². The van der Waals surface area contributed by atoms with Crippen LogP contribution in [0.25, 0.3) is 27.9 Å². The first-order valence-corrected chi connectivity index (χ1v) is 10.8. The second-order valence-electron chi connectivity index (χ2n) is 8.37. The van der Waals surface area contributed by atoms with Crippen LogP contribution in [0.2, 0.25) is 0 Å². The van der Waals surface area contributed by atoms with E-state index in [0.29, 0.717) is 12.4 Å². The van der Waals surface area contributed by atoms with E-state index in [0.717, 1.165) is 46.8 Å². The summed E-state index contributed by atoms with van der Waals surface area (Å²) in [7, 11) is 0. The molecule has 1 aliphatic carbocycles. The topological polar surface area (TPSA) is 88.7 Å². The highest BCUT2D eigenvalue weighted by atomic mass is 15.3. The largest absolute Gasteiger partial charge is 0.312 e. The molecule has 0 amide bonds. The highest BCUT2D eigenvalue weighted by molar-refractivity contribution is 5.92. The molecule has 4 aromatic heterocycles. The minimum absolute atomic E-state index is 0.575. The van der Waals surface area contributed by atoms with E-state index >= 15 is 0 Å². The number of benzene rings is 1. The van der Waals surface area contributed by atoms with Crippen molar-refractivity contribution in [1.29, 1.82) is 0 Å². The van der Waals surface area contributed by atoms with Gasteiger partial charge in [-0.25, -0.2) is 14.6 Å². The predicted octanol–water partition coefficient (Wildman–Crippen LogP) is 3.41. The second-order valence-corrected chi connectivity index (χ2v) is 8.37. The quantitative estimate of drug-likeness (QED) is 0.428. The molecule has 4 heterocycles. The van der Waals surface area contributed by atoms with Crippen LogP contribution in [0.3, 0.4) is 0 Å². The van der Waals surface area contributed by atoms with Gasteiger partial charge in [-0.3, -0.25) is 5.10 Å². The molecule has 31 heavy (non-hydrogen) atoms. The number of imidazole rings is 1. The third-order valence-electron chi connectivity index (χ3n) is 6.14. The first kappa shape index (κ1) is 18.3. The lowest BCUT2D eigenvalue weighted by Gasteiger charge is -2.25. The van der Waals surface area contributed by atoms with E-state index in [1.54, 1.807) is 6.33 Å². The van der Waals surface area contributed by atoms with Crippen LogP contribution >= 0.6 is 0 Å². The first-order valence-electron chi connectivity index (χ1n) is 10.8. The van der Waals surface area contributed by atoms with E-state index in [1.807, 2.05) is 29.1 Å². The highest BCUT2D eigenvalue weighted by Crippen LogP contribution is 2.25. The average Bonchev–Trinajstić information content (AvgIpc) is 3.48. The molecule has 0 spiro atoms. The van der Waals surface area contributed by atoms with Gasteiger partial charge in [0.15, 0.2) is 5.82 Å². The number of nitrogens with zero attached hydrogens (tertiary/aromatic N) is 6. The molecule has 0 radical (unpaired) electrons. The van der Waals surface area contributed by atoms with Crippen LogP contribution in [0.4, 0.5) is 0 Å². The maximum atomic E-state index is 4.74. The Kier molecular flexibility index (Phi) is 4.49. The highest BCUT2D eigenvalue weighted by Gasteiger charge is 2.16. The van der Waals surface area contributed by atoms with Gasteiger partial charge in [0, 0.05) is 29.9 Å². The fourth-order valence-electron chi connectivity index (χ4n) is 4.21. The number of nitrogens with one attached hydrogen (secondary N) is 2. The van der Waals surface area contributed by atoms with Crippen molar-refractivity contribution >= 4 is 16.6 Å². The zero-order valence-corrected chi connectivity index (χ0v) is 17.2. The zero-order chi connectivity index (χ0) is 20.6. The monoisotopic (exact) mass is 412 g/mol. The van der Waals surface area contributed by atoms with Crippen LogP contribution in [-0.4, -0.2) is 40.9 Å². The molecule has 156 valence electrons. The second kappa shape index (κ2) is 7.63. The summed E-state index contributed by atoms with van der Waals surface area (Å²) < 4.78 is 3.93. The number of hydrogen-bond donors (Lipinski definition) is 2. The van der Waals surface area contributed by atoms with Crippen LogP contribution < -0.4 is 5.32 Å². The number of fused-ring (bicyclic) bond motifs is 2. The summed E-state index contributed by atoms with van der Waals surface area (Å²) in [5, 5.41) is 16.4. The fraction of sp³-hybridized carbons (Fsp3) is 0.304. The van der Waals surface area contributed by atoms with Gasteiger partial charge in [-0.1, -0.05) is 24.6 Å². The number of hydrogen-bond acceptors (Lipinski definition) is 5. The molecular formula is C23H24N8. The van der Waals surface area contributed by atoms with E-state index in [2.05, 4.69) is 54.5 Å². The molecule has 1 aliphatic rings. The summed E-state index contributed by atoms with van der Waals surface area (Å²) in [4.78, 5) is 9.25. The van der Waals surface area contributed by atoms with Crippen LogP contribution in [0.5, 0.6) is 0 Å². The molecule has 8 heteroatoms. The van der Waals surface area contributed by atoms with Crippen LogP contribution in [-0.2, 0) is 13.1 Å². The Balaban J connectivity index is 1.18. The molecule has 0 unspecified atom stereocenters. The number of rotatable bonds is 7. The number of aromatic amines is 1. The molecule has 5 aromatic rings.